The average molecular weight is 397 g/mol. The van der Waals surface area contributed by atoms with Crippen LogP contribution in [0.2, 0.25) is 0 Å². The number of aromatic nitrogens is 2. The monoisotopic (exact) mass is 397 g/mol. The number of carbonyl (C=O) groups excluding carboxylic acids is 1. The Morgan fingerprint density at radius 3 is 2.79 bits per heavy atom. The van der Waals surface area contributed by atoms with Crippen molar-refractivity contribution in [3.63, 3.8) is 0 Å². The summed E-state index contributed by atoms with van der Waals surface area (Å²) in [6, 6.07) is 0.372. The zero-order chi connectivity index (χ0) is 19.8. The van der Waals surface area contributed by atoms with Gasteiger partial charge in [0.05, 0.1) is 18.5 Å². The maximum atomic E-state index is 14.7. The number of nitrogens with zero attached hydrogens (tertiary/aromatic N) is 5. The number of hydrazone groups is 1. The molecule has 0 bridgehead atoms. The lowest BCUT2D eigenvalue weighted by atomic mass is 9.93. The van der Waals surface area contributed by atoms with Crippen LogP contribution >= 0.6 is 0 Å². The largest absolute Gasteiger partial charge is 0.411 e. The molecule has 1 aromatic carbocycles. The molecule has 7 nitrogen and oxygen atoms in total. The first-order valence-electron chi connectivity index (χ1n) is 8.61. The lowest BCUT2D eigenvalue weighted by Crippen LogP contribution is -2.48. The first-order chi connectivity index (χ1) is 13.5. The van der Waals surface area contributed by atoms with Crippen molar-refractivity contribution < 1.29 is 26.8 Å². The molecule has 2 aliphatic rings. The molecule has 3 heterocycles. The predicted molar refractivity (Wildman–Crippen MR) is 88.5 cm³/mol. The van der Waals surface area contributed by atoms with Crippen LogP contribution in [0, 0.1) is 23.4 Å². The normalized spacial score (nSPS) is 24.8. The lowest BCUT2D eigenvalue weighted by Gasteiger charge is -2.35. The molecule has 4 rings (SSSR count). The molecule has 0 spiro atoms. The first kappa shape index (κ1) is 18.4. The smallest absolute Gasteiger partial charge is 0.318 e. The van der Waals surface area contributed by atoms with Crippen LogP contribution < -0.4 is 4.90 Å². The van der Waals surface area contributed by atoms with Crippen molar-refractivity contribution in [3.8, 4) is 0 Å². The fourth-order valence-electron chi connectivity index (χ4n) is 3.53. The molecule has 0 aliphatic carbocycles. The number of halogens is 4. The Balaban J connectivity index is 1.52. The molecular formula is C17H15F4N5O2. The predicted octanol–water partition coefficient (Wildman–Crippen LogP) is 2.61. The molecule has 2 aromatic rings. The van der Waals surface area contributed by atoms with Gasteiger partial charge in [-0.25, -0.2) is 22.6 Å². The third-order valence-corrected chi connectivity index (χ3v) is 4.91. The van der Waals surface area contributed by atoms with Gasteiger partial charge in [-0.3, -0.25) is 4.79 Å². The maximum absolute atomic E-state index is 14.7. The van der Waals surface area contributed by atoms with Gasteiger partial charge in [0.2, 0.25) is 12.3 Å². The van der Waals surface area contributed by atoms with E-state index in [4.69, 9.17) is 4.42 Å². The number of hydrogen-bond donors (Lipinski definition) is 0. The van der Waals surface area contributed by atoms with E-state index in [9.17, 15) is 22.4 Å². The molecule has 3 atom stereocenters. The Kier molecular flexibility index (Phi) is 4.73. The number of rotatable bonds is 3. The van der Waals surface area contributed by atoms with Crippen LogP contribution in [0.5, 0.6) is 0 Å². The summed E-state index contributed by atoms with van der Waals surface area (Å²) in [5, 5.41) is 12.1. The van der Waals surface area contributed by atoms with E-state index in [0.717, 1.165) is 17.5 Å². The number of alkyl halides is 1. The van der Waals surface area contributed by atoms with E-state index >= 15 is 0 Å². The van der Waals surface area contributed by atoms with Crippen molar-refractivity contribution >= 4 is 18.1 Å². The van der Waals surface area contributed by atoms with Crippen molar-refractivity contribution in [2.45, 2.75) is 25.1 Å². The van der Waals surface area contributed by atoms with Gasteiger partial charge in [-0.05, 0) is 12.5 Å². The summed E-state index contributed by atoms with van der Waals surface area (Å²) in [7, 11) is 0. The van der Waals surface area contributed by atoms with Crippen molar-refractivity contribution in [1.29, 1.82) is 0 Å². The number of benzene rings is 1. The minimum Gasteiger partial charge on any atom is -0.411 e. The van der Waals surface area contributed by atoms with Crippen LogP contribution in [0.25, 0.3) is 0 Å². The van der Waals surface area contributed by atoms with Gasteiger partial charge in [0.25, 0.3) is 0 Å². The molecule has 1 fully saturated rings. The van der Waals surface area contributed by atoms with Crippen LogP contribution in [0.4, 0.5) is 23.6 Å². The van der Waals surface area contributed by atoms with E-state index < -0.39 is 41.5 Å². The molecule has 28 heavy (non-hydrogen) atoms. The van der Waals surface area contributed by atoms with Gasteiger partial charge >= 0.3 is 6.01 Å². The molecule has 1 amide bonds. The third-order valence-electron chi connectivity index (χ3n) is 4.91. The lowest BCUT2D eigenvalue weighted by molar-refractivity contribution is -0.140. The molecule has 1 saturated heterocycles. The van der Waals surface area contributed by atoms with E-state index in [2.05, 4.69) is 15.3 Å². The molecule has 0 N–H and O–H groups in total. The Bertz CT molecular complexity index is 907. The standard InChI is InChI=1S/C17H15F4N5O2/c18-9-5-11(15(21)12(19)6-9)14-1-3-23-26(14)16(27)10-2-4-25(7-13(10)20)17-24-22-8-28-17/h3,5-6,8,10,13-14H,1-2,4,7H2/t10-,13+,14-/m1/s1. The zero-order valence-electron chi connectivity index (χ0n) is 14.4. The SMILES string of the molecule is O=C([C@@H]1CCN(c2nnco2)C[C@@H]1F)N1N=CC[C@@H]1c1cc(F)cc(F)c1F. The summed E-state index contributed by atoms with van der Waals surface area (Å²) in [5.41, 5.74) is -0.331. The Morgan fingerprint density at radius 1 is 1.25 bits per heavy atom. The maximum Gasteiger partial charge on any atom is 0.318 e. The summed E-state index contributed by atoms with van der Waals surface area (Å²) < 4.78 is 61.0. The zero-order valence-corrected chi connectivity index (χ0v) is 14.4. The highest BCUT2D eigenvalue weighted by atomic mass is 19.2. The van der Waals surface area contributed by atoms with Gasteiger partial charge in [-0.1, -0.05) is 5.10 Å². The van der Waals surface area contributed by atoms with Crippen molar-refractivity contribution in [2.75, 3.05) is 18.0 Å². The Morgan fingerprint density at radius 2 is 2.07 bits per heavy atom. The molecule has 2 aliphatic heterocycles. The number of carbonyl (C=O) groups is 1. The number of anilines is 1. The molecule has 0 radical (unpaired) electrons. The third kappa shape index (κ3) is 3.20. The molecule has 11 heteroatoms. The highest BCUT2D eigenvalue weighted by Gasteiger charge is 2.41. The minimum absolute atomic E-state index is 0.0728. The Hall–Kier alpha value is -2.98. The molecule has 0 saturated carbocycles. The van der Waals surface area contributed by atoms with E-state index in [0.29, 0.717) is 12.6 Å². The van der Waals surface area contributed by atoms with Crippen molar-refractivity contribution in [3.05, 3.63) is 41.5 Å². The second kappa shape index (κ2) is 7.21. The minimum atomic E-state index is -1.56. The molecule has 148 valence electrons. The average Bonchev–Trinajstić information content (AvgIpc) is 3.35. The summed E-state index contributed by atoms with van der Waals surface area (Å²) in [6.45, 7) is 0.161. The highest BCUT2D eigenvalue weighted by Crippen LogP contribution is 2.35. The van der Waals surface area contributed by atoms with Crippen LogP contribution in [-0.4, -0.2) is 46.6 Å². The van der Waals surface area contributed by atoms with Crippen molar-refractivity contribution in [2.24, 2.45) is 11.0 Å². The number of amides is 1. The topological polar surface area (TPSA) is 74.8 Å². The fourth-order valence-corrected chi connectivity index (χ4v) is 3.53. The summed E-state index contributed by atoms with van der Waals surface area (Å²) in [6.07, 6.45) is 1.12. The van der Waals surface area contributed by atoms with E-state index in [-0.39, 0.29) is 31.0 Å². The molecule has 1 aromatic heterocycles. The van der Waals surface area contributed by atoms with Crippen LogP contribution in [0.1, 0.15) is 24.4 Å². The van der Waals surface area contributed by atoms with Crippen LogP contribution in [0.3, 0.4) is 0 Å². The van der Waals surface area contributed by atoms with Gasteiger partial charge in [0.1, 0.15) is 12.0 Å². The fraction of sp³-hybridized carbons (Fsp3) is 0.412. The number of hydrogen-bond acceptors (Lipinski definition) is 6. The van der Waals surface area contributed by atoms with Gasteiger partial charge in [0.15, 0.2) is 11.6 Å². The van der Waals surface area contributed by atoms with E-state index in [1.807, 2.05) is 0 Å². The Labute approximate surface area is 156 Å². The van der Waals surface area contributed by atoms with Gasteiger partial charge in [-0.2, -0.15) is 5.10 Å². The molecule has 0 unspecified atom stereocenters. The van der Waals surface area contributed by atoms with E-state index in [1.165, 1.54) is 11.1 Å². The highest BCUT2D eigenvalue weighted by molar-refractivity contribution is 5.82. The van der Waals surface area contributed by atoms with E-state index in [1.54, 1.807) is 0 Å². The first-order valence-corrected chi connectivity index (χ1v) is 8.61. The summed E-state index contributed by atoms with van der Waals surface area (Å²) >= 11 is 0. The second-order valence-electron chi connectivity index (χ2n) is 6.60. The molecular weight excluding hydrogens is 382 g/mol. The summed E-state index contributed by atoms with van der Waals surface area (Å²) in [5.74, 6) is -5.27. The van der Waals surface area contributed by atoms with Crippen molar-refractivity contribution in [1.82, 2.24) is 15.2 Å². The van der Waals surface area contributed by atoms with Crippen LogP contribution in [0.15, 0.2) is 28.0 Å². The quantitative estimate of drug-likeness (QED) is 0.588. The van der Waals surface area contributed by atoms with Crippen LogP contribution in [-0.2, 0) is 4.79 Å². The second-order valence-corrected chi connectivity index (χ2v) is 6.60. The number of piperidine rings is 1. The van der Waals surface area contributed by atoms with Gasteiger partial charge < -0.3 is 9.32 Å². The summed E-state index contributed by atoms with van der Waals surface area (Å²) in [4.78, 5) is 14.4. The van der Waals surface area contributed by atoms with Gasteiger partial charge in [0, 0.05) is 30.8 Å². The van der Waals surface area contributed by atoms with Gasteiger partial charge in [-0.15, -0.1) is 5.10 Å².